The van der Waals surface area contributed by atoms with Crippen molar-refractivity contribution in [1.82, 2.24) is 5.32 Å². The predicted molar refractivity (Wildman–Crippen MR) is 71.6 cm³/mol. The fourth-order valence-corrected chi connectivity index (χ4v) is 1.27. The SMILES string of the molecule is CC(C)CNC(=O)/C(C#N)=C\Nc1ccccc1F. The summed E-state index contributed by atoms with van der Waals surface area (Å²) in [5.41, 5.74) is 0.121. The number of hydrogen-bond donors (Lipinski definition) is 2. The van der Waals surface area contributed by atoms with E-state index in [0.717, 1.165) is 0 Å². The number of para-hydroxylation sites is 1. The molecule has 1 aromatic rings. The van der Waals surface area contributed by atoms with E-state index >= 15 is 0 Å². The van der Waals surface area contributed by atoms with Crippen LogP contribution in [-0.4, -0.2) is 12.5 Å². The van der Waals surface area contributed by atoms with Crippen molar-refractivity contribution in [3.8, 4) is 6.07 Å². The summed E-state index contributed by atoms with van der Waals surface area (Å²) in [4.78, 5) is 11.6. The van der Waals surface area contributed by atoms with Gasteiger partial charge in [-0.05, 0) is 18.1 Å². The zero-order chi connectivity index (χ0) is 14.3. The molecule has 0 aromatic heterocycles. The molecule has 19 heavy (non-hydrogen) atoms. The monoisotopic (exact) mass is 261 g/mol. The van der Waals surface area contributed by atoms with Gasteiger partial charge in [-0.15, -0.1) is 0 Å². The number of nitrogens with zero attached hydrogens (tertiary/aromatic N) is 1. The molecule has 0 saturated heterocycles. The van der Waals surface area contributed by atoms with Gasteiger partial charge in [-0.25, -0.2) is 4.39 Å². The smallest absolute Gasteiger partial charge is 0.263 e. The van der Waals surface area contributed by atoms with Crippen molar-refractivity contribution in [3.05, 3.63) is 41.9 Å². The Morgan fingerprint density at radius 1 is 1.47 bits per heavy atom. The molecule has 1 amide bonds. The fraction of sp³-hybridized carbons (Fsp3) is 0.286. The van der Waals surface area contributed by atoms with Crippen LogP contribution in [0.1, 0.15) is 13.8 Å². The number of anilines is 1. The number of nitrogens with one attached hydrogen (secondary N) is 2. The summed E-state index contributed by atoms with van der Waals surface area (Å²) in [7, 11) is 0. The van der Waals surface area contributed by atoms with E-state index in [0.29, 0.717) is 12.5 Å². The van der Waals surface area contributed by atoms with Crippen LogP contribution in [0.4, 0.5) is 10.1 Å². The zero-order valence-corrected chi connectivity index (χ0v) is 10.9. The first-order chi connectivity index (χ1) is 9.04. The lowest BCUT2D eigenvalue weighted by molar-refractivity contribution is -0.117. The largest absolute Gasteiger partial charge is 0.358 e. The standard InChI is InChI=1S/C14H16FN3O/c1-10(2)8-18-14(19)11(7-16)9-17-13-6-4-3-5-12(13)15/h3-6,9-10,17H,8H2,1-2H3,(H,18,19)/b11-9-. The molecule has 0 unspecified atom stereocenters. The normalized spacial score (nSPS) is 11.0. The maximum atomic E-state index is 13.3. The number of carbonyl (C=O) groups excluding carboxylic acids is 1. The third kappa shape index (κ3) is 4.80. The highest BCUT2D eigenvalue weighted by Gasteiger charge is 2.09. The molecule has 0 atom stereocenters. The molecule has 1 aromatic carbocycles. The number of nitriles is 1. The van der Waals surface area contributed by atoms with E-state index in [1.54, 1.807) is 18.2 Å². The summed E-state index contributed by atoms with van der Waals surface area (Å²) in [5, 5.41) is 14.1. The van der Waals surface area contributed by atoms with Gasteiger partial charge in [-0.1, -0.05) is 26.0 Å². The lowest BCUT2D eigenvalue weighted by Crippen LogP contribution is -2.28. The van der Waals surface area contributed by atoms with Crippen LogP contribution in [0.2, 0.25) is 0 Å². The first kappa shape index (κ1) is 14.7. The second-order valence-corrected chi connectivity index (χ2v) is 4.40. The average molecular weight is 261 g/mol. The Kier molecular flexibility index (Phi) is 5.55. The molecular weight excluding hydrogens is 245 g/mol. The zero-order valence-electron chi connectivity index (χ0n) is 10.9. The van der Waals surface area contributed by atoms with Crippen molar-refractivity contribution in [1.29, 1.82) is 5.26 Å². The van der Waals surface area contributed by atoms with Crippen LogP contribution in [0.25, 0.3) is 0 Å². The van der Waals surface area contributed by atoms with Crippen LogP contribution in [0.3, 0.4) is 0 Å². The molecular formula is C14H16FN3O. The summed E-state index contributed by atoms with van der Waals surface area (Å²) in [6.45, 7) is 4.39. The molecule has 0 heterocycles. The quantitative estimate of drug-likeness (QED) is 0.632. The minimum absolute atomic E-state index is 0.0936. The highest BCUT2D eigenvalue weighted by atomic mass is 19.1. The Balaban J connectivity index is 2.70. The first-order valence-electron chi connectivity index (χ1n) is 5.94. The van der Waals surface area contributed by atoms with Crippen molar-refractivity contribution in [2.45, 2.75) is 13.8 Å². The molecule has 0 bridgehead atoms. The second kappa shape index (κ2) is 7.17. The van der Waals surface area contributed by atoms with E-state index in [1.165, 1.54) is 18.3 Å². The van der Waals surface area contributed by atoms with Crippen LogP contribution in [0, 0.1) is 23.1 Å². The topological polar surface area (TPSA) is 64.9 Å². The number of halogens is 1. The van der Waals surface area contributed by atoms with Crippen LogP contribution in [0.5, 0.6) is 0 Å². The highest BCUT2D eigenvalue weighted by molar-refractivity contribution is 5.97. The molecule has 2 N–H and O–H groups in total. The fourth-order valence-electron chi connectivity index (χ4n) is 1.27. The Hall–Kier alpha value is -2.35. The molecule has 0 saturated carbocycles. The van der Waals surface area contributed by atoms with Crippen molar-refractivity contribution in [2.75, 3.05) is 11.9 Å². The Labute approximate surface area is 111 Å². The van der Waals surface area contributed by atoms with Crippen LogP contribution in [0.15, 0.2) is 36.0 Å². The maximum Gasteiger partial charge on any atom is 0.263 e. The molecule has 0 aliphatic carbocycles. The number of benzene rings is 1. The third-order valence-corrected chi connectivity index (χ3v) is 2.28. The van der Waals surface area contributed by atoms with E-state index in [9.17, 15) is 9.18 Å². The van der Waals surface area contributed by atoms with Crippen LogP contribution < -0.4 is 10.6 Å². The first-order valence-corrected chi connectivity index (χ1v) is 5.94. The van der Waals surface area contributed by atoms with Gasteiger partial charge in [-0.3, -0.25) is 4.79 Å². The lowest BCUT2D eigenvalue weighted by atomic mass is 10.2. The molecule has 0 fully saturated rings. The summed E-state index contributed by atoms with van der Waals surface area (Å²) >= 11 is 0. The Bertz CT molecular complexity index is 518. The van der Waals surface area contributed by atoms with E-state index in [4.69, 9.17) is 5.26 Å². The summed E-state index contributed by atoms with van der Waals surface area (Å²) in [5.74, 6) is -0.623. The van der Waals surface area contributed by atoms with Gasteiger partial charge in [0.05, 0.1) is 5.69 Å². The third-order valence-electron chi connectivity index (χ3n) is 2.28. The molecule has 5 heteroatoms. The lowest BCUT2D eigenvalue weighted by Gasteiger charge is -2.07. The van der Waals surface area contributed by atoms with Gasteiger partial charge < -0.3 is 10.6 Å². The highest BCUT2D eigenvalue weighted by Crippen LogP contribution is 2.12. The molecule has 100 valence electrons. The van der Waals surface area contributed by atoms with Crippen molar-refractivity contribution in [2.24, 2.45) is 5.92 Å². The predicted octanol–water partition coefficient (Wildman–Crippen LogP) is 2.42. The Morgan fingerprint density at radius 2 is 2.16 bits per heavy atom. The summed E-state index contributed by atoms with van der Waals surface area (Å²) in [6, 6.07) is 7.81. The minimum atomic E-state index is -0.472. The van der Waals surface area contributed by atoms with Gasteiger partial charge in [0.1, 0.15) is 17.5 Å². The van der Waals surface area contributed by atoms with E-state index in [1.807, 2.05) is 13.8 Å². The van der Waals surface area contributed by atoms with Crippen molar-refractivity contribution in [3.63, 3.8) is 0 Å². The van der Waals surface area contributed by atoms with E-state index in [-0.39, 0.29) is 11.3 Å². The van der Waals surface area contributed by atoms with Crippen molar-refractivity contribution < 1.29 is 9.18 Å². The molecule has 0 aliphatic heterocycles. The number of amides is 1. The molecule has 1 rings (SSSR count). The summed E-state index contributed by atoms with van der Waals surface area (Å²) < 4.78 is 13.3. The van der Waals surface area contributed by atoms with Crippen molar-refractivity contribution >= 4 is 11.6 Å². The van der Waals surface area contributed by atoms with Gasteiger partial charge in [0.25, 0.3) is 5.91 Å². The molecule has 0 aliphatic rings. The minimum Gasteiger partial charge on any atom is -0.358 e. The van der Waals surface area contributed by atoms with Gasteiger partial charge in [-0.2, -0.15) is 5.26 Å². The Morgan fingerprint density at radius 3 is 2.74 bits per heavy atom. The van der Waals surface area contributed by atoms with Gasteiger partial charge in [0, 0.05) is 12.7 Å². The van der Waals surface area contributed by atoms with Crippen LogP contribution >= 0.6 is 0 Å². The molecule has 0 spiro atoms. The maximum absolute atomic E-state index is 13.3. The number of carbonyl (C=O) groups is 1. The number of hydrogen-bond acceptors (Lipinski definition) is 3. The number of rotatable bonds is 5. The molecule has 4 nitrogen and oxygen atoms in total. The van der Waals surface area contributed by atoms with E-state index in [2.05, 4.69) is 10.6 Å². The summed E-state index contributed by atoms with van der Waals surface area (Å²) in [6.07, 6.45) is 1.20. The van der Waals surface area contributed by atoms with Gasteiger partial charge in [0.2, 0.25) is 0 Å². The second-order valence-electron chi connectivity index (χ2n) is 4.40. The van der Waals surface area contributed by atoms with Crippen LogP contribution in [-0.2, 0) is 4.79 Å². The van der Waals surface area contributed by atoms with Gasteiger partial charge >= 0.3 is 0 Å². The van der Waals surface area contributed by atoms with Gasteiger partial charge in [0.15, 0.2) is 0 Å². The van der Waals surface area contributed by atoms with E-state index < -0.39 is 11.7 Å². The molecule has 0 radical (unpaired) electrons. The average Bonchev–Trinajstić information content (AvgIpc) is 2.39.